The molecule has 3 rings (SSSR count). The first kappa shape index (κ1) is 11.6. The van der Waals surface area contributed by atoms with Crippen LogP contribution in [0.4, 0.5) is 0 Å². The van der Waals surface area contributed by atoms with Crippen molar-refractivity contribution in [1.82, 2.24) is 4.90 Å². The standard InChI is InChI=1S/C14H18N4/c15-17-16-13-9-12-7-4-8-14(13)18(12)10-11-5-2-1-3-6-11/h1-3,5-6,12-14H,4,7-10H2. The zero-order chi connectivity index (χ0) is 12.4. The molecule has 2 aliphatic rings. The molecular weight excluding hydrogens is 224 g/mol. The van der Waals surface area contributed by atoms with E-state index in [2.05, 4.69) is 45.3 Å². The molecule has 0 amide bonds. The van der Waals surface area contributed by atoms with Crippen molar-refractivity contribution in [3.8, 4) is 0 Å². The van der Waals surface area contributed by atoms with E-state index in [9.17, 15) is 0 Å². The van der Waals surface area contributed by atoms with Gasteiger partial charge in [-0.05, 0) is 30.4 Å². The third kappa shape index (κ3) is 2.09. The van der Waals surface area contributed by atoms with Gasteiger partial charge in [-0.2, -0.15) is 0 Å². The van der Waals surface area contributed by atoms with Crippen molar-refractivity contribution >= 4 is 0 Å². The first-order valence-electron chi connectivity index (χ1n) is 6.72. The molecule has 2 heterocycles. The van der Waals surface area contributed by atoms with Crippen molar-refractivity contribution < 1.29 is 0 Å². The molecule has 0 N–H and O–H groups in total. The number of hydrogen-bond donors (Lipinski definition) is 0. The minimum absolute atomic E-state index is 0.186. The van der Waals surface area contributed by atoms with E-state index in [1.165, 1.54) is 24.8 Å². The molecule has 0 aromatic heterocycles. The van der Waals surface area contributed by atoms with Crippen molar-refractivity contribution in [2.24, 2.45) is 5.11 Å². The fourth-order valence-electron chi connectivity index (χ4n) is 3.50. The van der Waals surface area contributed by atoms with Gasteiger partial charge in [0.25, 0.3) is 0 Å². The van der Waals surface area contributed by atoms with Crippen molar-refractivity contribution in [2.45, 2.75) is 50.4 Å². The molecule has 1 aromatic rings. The predicted molar refractivity (Wildman–Crippen MR) is 71.0 cm³/mol. The summed E-state index contributed by atoms with van der Waals surface area (Å²) in [6, 6.07) is 11.8. The normalized spacial score (nSPS) is 31.0. The monoisotopic (exact) mass is 242 g/mol. The van der Waals surface area contributed by atoms with E-state index in [1.807, 2.05) is 0 Å². The zero-order valence-electron chi connectivity index (χ0n) is 10.4. The smallest absolute Gasteiger partial charge is 0.0544 e. The zero-order valence-corrected chi connectivity index (χ0v) is 10.4. The van der Waals surface area contributed by atoms with Gasteiger partial charge in [-0.1, -0.05) is 41.9 Å². The highest BCUT2D eigenvalue weighted by Gasteiger charge is 2.42. The lowest BCUT2D eigenvalue weighted by Crippen LogP contribution is -2.41. The number of azide groups is 1. The second kappa shape index (κ2) is 5.01. The summed E-state index contributed by atoms with van der Waals surface area (Å²) in [6.07, 6.45) is 4.74. The largest absolute Gasteiger partial charge is 0.293 e. The van der Waals surface area contributed by atoms with Crippen LogP contribution in [-0.4, -0.2) is 23.0 Å². The molecule has 3 unspecified atom stereocenters. The molecule has 2 saturated heterocycles. The number of nitrogens with zero attached hydrogens (tertiary/aromatic N) is 4. The third-order valence-electron chi connectivity index (χ3n) is 4.30. The maximum Gasteiger partial charge on any atom is 0.0544 e. The topological polar surface area (TPSA) is 52.0 Å². The average Bonchev–Trinajstić information content (AvgIpc) is 2.60. The van der Waals surface area contributed by atoms with Gasteiger partial charge in [-0.15, -0.1) is 0 Å². The van der Waals surface area contributed by atoms with E-state index >= 15 is 0 Å². The van der Waals surface area contributed by atoms with Crippen LogP contribution in [0.25, 0.3) is 10.4 Å². The first-order valence-corrected chi connectivity index (χ1v) is 6.72. The molecule has 0 spiro atoms. The lowest BCUT2D eigenvalue weighted by molar-refractivity contribution is 0.128. The predicted octanol–water partition coefficient (Wildman–Crippen LogP) is 3.49. The van der Waals surface area contributed by atoms with Gasteiger partial charge in [0.05, 0.1) is 6.04 Å². The van der Waals surface area contributed by atoms with E-state index in [-0.39, 0.29) is 6.04 Å². The summed E-state index contributed by atoms with van der Waals surface area (Å²) < 4.78 is 0. The molecule has 2 bridgehead atoms. The molecule has 0 aliphatic carbocycles. The third-order valence-corrected chi connectivity index (χ3v) is 4.30. The van der Waals surface area contributed by atoms with Crippen LogP contribution in [0.1, 0.15) is 31.2 Å². The number of rotatable bonds is 3. The molecular formula is C14H18N4. The summed E-state index contributed by atoms with van der Waals surface area (Å²) >= 11 is 0. The molecule has 0 saturated carbocycles. The Morgan fingerprint density at radius 1 is 1.28 bits per heavy atom. The van der Waals surface area contributed by atoms with Crippen LogP contribution in [0, 0.1) is 0 Å². The van der Waals surface area contributed by atoms with Gasteiger partial charge in [-0.3, -0.25) is 4.90 Å². The summed E-state index contributed by atoms with van der Waals surface area (Å²) in [5, 5.41) is 4.00. The minimum Gasteiger partial charge on any atom is -0.293 e. The average molecular weight is 242 g/mol. The van der Waals surface area contributed by atoms with E-state index in [0.29, 0.717) is 12.1 Å². The molecule has 0 radical (unpaired) electrons. The van der Waals surface area contributed by atoms with Gasteiger partial charge in [0.2, 0.25) is 0 Å². The molecule has 18 heavy (non-hydrogen) atoms. The highest BCUT2D eigenvalue weighted by molar-refractivity contribution is 5.16. The van der Waals surface area contributed by atoms with Crippen LogP contribution in [-0.2, 0) is 6.54 Å². The molecule has 4 heteroatoms. The van der Waals surface area contributed by atoms with Crippen LogP contribution in [0.5, 0.6) is 0 Å². The Kier molecular flexibility index (Phi) is 3.22. The van der Waals surface area contributed by atoms with Gasteiger partial charge in [0.15, 0.2) is 0 Å². The summed E-state index contributed by atoms with van der Waals surface area (Å²) in [5.41, 5.74) is 10.0. The lowest BCUT2D eigenvalue weighted by atomic mass is 10.0. The summed E-state index contributed by atoms with van der Waals surface area (Å²) in [6.45, 7) is 0.994. The van der Waals surface area contributed by atoms with Gasteiger partial charge in [0, 0.05) is 23.5 Å². The maximum absolute atomic E-state index is 8.66. The van der Waals surface area contributed by atoms with Gasteiger partial charge in [0.1, 0.15) is 0 Å². The number of benzene rings is 1. The summed E-state index contributed by atoms with van der Waals surface area (Å²) in [5.74, 6) is 0. The summed E-state index contributed by atoms with van der Waals surface area (Å²) in [7, 11) is 0. The van der Waals surface area contributed by atoms with Crippen LogP contribution in [0.3, 0.4) is 0 Å². The Balaban J connectivity index is 1.78. The Hall–Kier alpha value is -1.51. The van der Waals surface area contributed by atoms with Crippen LogP contribution >= 0.6 is 0 Å². The fraction of sp³-hybridized carbons (Fsp3) is 0.571. The van der Waals surface area contributed by atoms with Gasteiger partial charge in [-0.25, -0.2) is 0 Å². The Morgan fingerprint density at radius 3 is 2.89 bits per heavy atom. The summed E-state index contributed by atoms with van der Waals surface area (Å²) in [4.78, 5) is 5.57. The van der Waals surface area contributed by atoms with Crippen LogP contribution in [0.15, 0.2) is 35.4 Å². The number of fused-ring (bicyclic) bond motifs is 2. The second-order valence-electron chi connectivity index (χ2n) is 5.32. The van der Waals surface area contributed by atoms with E-state index in [4.69, 9.17) is 5.53 Å². The molecule has 1 aromatic carbocycles. The molecule has 94 valence electrons. The van der Waals surface area contributed by atoms with Crippen LogP contribution in [0.2, 0.25) is 0 Å². The minimum atomic E-state index is 0.186. The van der Waals surface area contributed by atoms with Crippen molar-refractivity contribution in [1.29, 1.82) is 0 Å². The van der Waals surface area contributed by atoms with Crippen molar-refractivity contribution in [3.05, 3.63) is 46.3 Å². The van der Waals surface area contributed by atoms with Gasteiger partial charge < -0.3 is 0 Å². The quantitative estimate of drug-likeness (QED) is 0.454. The highest BCUT2D eigenvalue weighted by atomic mass is 15.3. The van der Waals surface area contributed by atoms with Crippen LogP contribution < -0.4 is 0 Å². The lowest BCUT2D eigenvalue weighted by Gasteiger charge is -2.35. The maximum atomic E-state index is 8.66. The SMILES string of the molecule is [N-]=[N+]=NC1CC2CCCC1N2Cc1ccccc1. The fourth-order valence-corrected chi connectivity index (χ4v) is 3.50. The highest BCUT2D eigenvalue weighted by Crippen LogP contribution is 2.38. The Morgan fingerprint density at radius 2 is 2.11 bits per heavy atom. The molecule has 2 aliphatic heterocycles. The molecule has 4 nitrogen and oxygen atoms in total. The number of piperidine rings is 1. The van der Waals surface area contributed by atoms with Crippen molar-refractivity contribution in [3.63, 3.8) is 0 Å². The second-order valence-corrected chi connectivity index (χ2v) is 5.32. The Labute approximate surface area is 107 Å². The first-order chi connectivity index (χ1) is 8.88. The Bertz CT molecular complexity index is 452. The molecule has 2 fully saturated rings. The molecule has 3 atom stereocenters. The number of hydrogen-bond acceptors (Lipinski definition) is 2. The van der Waals surface area contributed by atoms with Crippen molar-refractivity contribution in [2.75, 3.05) is 0 Å². The van der Waals surface area contributed by atoms with Gasteiger partial charge >= 0.3 is 0 Å². The van der Waals surface area contributed by atoms with E-state index in [1.54, 1.807) is 0 Å². The van der Waals surface area contributed by atoms with E-state index < -0.39 is 0 Å². The van der Waals surface area contributed by atoms with E-state index in [0.717, 1.165) is 13.0 Å².